The summed E-state index contributed by atoms with van der Waals surface area (Å²) in [6, 6.07) is 10.6. The molecule has 6 heteroatoms. The van der Waals surface area contributed by atoms with E-state index in [1.807, 2.05) is 6.07 Å². The van der Waals surface area contributed by atoms with Crippen LogP contribution in [0.25, 0.3) is 0 Å². The lowest BCUT2D eigenvalue weighted by atomic mass is 10.1. The van der Waals surface area contributed by atoms with E-state index in [4.69, 9.17) is 9.84 Å². The Hall–Kier alpha value is -2.60. The second-order valence-electron chi connectivity index (χ2n) is 4.56. The molecule has 1 amide bonds. The third-order valence-corrected chi connectivity index (χ3v) is 3.00. The van der Waals surface area contributed by atoms with E-state index in [0.29, 0.717) is 11.3 Å². The zero-order valence-corrected chi connectivity index (χ0v) is 11.7. The van der Waals surface area contributed by atoms with Crippen molar-refractivity contribution < 1.29 is 19.4 Å². The summed E-state index contributed by atoms with van der Waals surface area (Å²) in [5, 5.41) is 11.7. The van der Waals surface area contributed by atoms with Gasteiger partial charge in [0.2, 0.25) is 0 Å². The first-order valence-corrected chi connectivity index (χ1v) is 6.34. The number of carbonyl (C=O) groups excluding carboxylic acids is 1. The number of nitrogens with one attached hydrogen (secondary N) is 2. The smallest absolute Gasteiger partial charge is 0.354 e. The second kappa shape index (κ2) is 6.23. The van der Waals surface area contributed by atoms with Crippen molar-refractivity contribution in [3.05, 3.63) is 53.3 Å². The predicted molar refractivity (Wildman–Crippen MR) is 77.3 cm³/mol. The van der Waals surface area contributed by atoms with Crippen LogP contribution in [-0.2, 0) is 9.53 Å². The van der Waals surface area contributed by atoms with Gasteiger partial charge < -0.3 is 20.1 Å². The Morgan fingerprint density at radius 3 is 2.52 bits per heavy atom. The number of benzene rings is 1. The highest BCUT2D eigenvalue weighted by atomic mass is 16.5. The molecule has 0 aliphatic heterocycles. The van der Waals surface area contributed by atoms with E-state index in [-0.39, 0.29) is 11.4 Å². The van der Waals surface area contributed by atoms with E-state index in [2.05, 4.69) is 10.3 Å². The van der Waals surface area contributed by atoms with Gasteiger partial charge >= 0.3 is 5.97 Å². The van der Waals surface area contributed by atoms with Crippen LogP contribution >= 0.6 is 0 Å². The van der Waals surface area contributed by atoms with Crippen molar-refractivity contribution in [3.63, 3.8) is 0 Å². The number of carboxylic acid groups (broad SMARTS) is 1. The summed E-state index contributed by atoms with van der Waals surface area (Å²) in [6.45, 7) is 1.72. The van der Waals surface area contributed by atoms with E-state index in [0.717, 1.165) is 0 Å². The number of rotatable bonds is 5. The van der Waals surface area contributed by atoms with Crippen LogP contribution in [0, 0.1) is 6.92 Å². The monoisotopic (exact) mass is 288 g/mol. The number of H-pyrrole nitrogens is 1. The molecule has 0 saturated heterocycles. The fraction of sp³-hybridized carbons (Fsp3) is 0.200. The Bertz CT molecular complexity index is 649. The topological polar surface area (TPSA) is 91.4 Å². The van der Waals surface area contributed by atoms with Gasteiger partial charge in [-0.25, -0.2) is 4.79 Å². The molecule has 1 aromatic carbocycles. The van der Waals surface area contributed by atoms with Crippen LogP contribution in [0.3, 0.4) is 0 Å². The van der Waals surface area contributed by atoms with Gasteiger partial charge in [0.15, 0.2) is 6.10 Å². The normalized spacial score (nSPS) is 11.9. The van der Waals surface area contributed by atoms with Crippen molar-refractivity contribution in [2.45, 2.75) is 13.0 Å². The number of aromatic amines is 1. The minimum atomic E-state index is -1.13. The minimum absolute atomic E-state index is 0.0521. The molecular formula is C15H16N2O4. The first-order valence-electron chi connectivity index (χ1n) is 6.34. The van der Waals surface area contributed by atoms with Gasteiger partial charge in [-0.1, -0.05) is 30.3 Å². The van der Waals surface area contributed by atoms with Crippen LogP contribution in [0.4, 0.5) is 5.69 Å². The van der Waals surface area contributed by atoms with Crippen LogP contribution in [0.5, 0.6) is 0 Å². The van der Waals surface area contributed by atoms with Gasteiger partial charge in [-0.05, 0) is 18.6 Å². The molecule has 1 unspecified atom stereocenters. The number of hydrogen-bond donors (Lipinski definition) is 3. The average Bonchev–Trinajstić information content (AvgIpc) is 2.82. The summed E-state index contributed by atoms with van der Waals surface area (Å²) in [6.07, 6.45) is -0.803. The van der Waals surface area contributed by atoms with Gasteiger partial charge in [-0.2, -0.15) is 0 Å². The van der Waals surface area contributed by atoms with Gasteiger partial charge in [0.25, 0.3) is 5.91 Å². The maximum absolute atomic E-state index is 12.3. The summed E-state index contributed by atoms with van der Waals surface area (Å²) in [5.41, 5.74) is 1.52. The number of aromatic carboxylic acids is 1. The van der Waals surface area contributed by atoms with Crippen LogP contribution in [-0.4, -0.2) is 29.1 Å². The molecule has 1 atom stereocenters. The molecule has 2 aromatic rings. The zero-order valence-electron chi connectivity index (χ0n) is 11.7. The molecule has 0 bridgehead atoms. The fourth-order valence-electron chi connectivity index (χ4n) is 2.08. The van der Waals surface area contributed by atoms with E-state index >= 15 is 0 Å². The van der Waals surface area contributed by atoms with Crippen LogP contribution in [0.1, 0.15) is 27.8 Å². The summed E-state index contributed by atoms with van der Waals surface area (Å²) in [5.74, 6) is -1.56. The lowest BCUT2D eigenvalue weighted by Crippen LogP contribution is -2.23. The molecule has 1 heterocycles. The minimum Gasteiger partial charge on any atom is -0.477 e. The van der Waals surface area contributed by atoms with Gasteiger partial charge in [-0.3, -0.25) is 4.79 Å². The second-order valence-corrected chi connectivity index (χ2v) is 4.56. The molecule has 1 aromatic heterocycles. The molecule has 6 nitrogen and oxygen atoms in total. The fourth-order valence-corrected chi connectivity index (χ4v) is 2.08. The first kappa shape index (κ1) is 14.8. The number of carboxylic acids is 1. The number of anilines is 1. The van der Waals surface area contributed by atoms with Gasteiger partial charge in [0.1, 0.15) is 5.69 Å². The van der Waals surface area contributed by atoms with Gasteiger partial charge in [0, 0.05) is 12.8 Å². The highest BCUT2D eigenvalue weighted by molar-refractivity contribution is 6.01. The molecule has 0 fully saturated rings. The van der Waals surface area contributed by atoms with E-state index in [1.165, 1.54) is 7.11 Å². The summed E-state index contributed by atoms with van der Waals surface area (Å²) < 4.78 is 5.21. The highest BCUT2D eigenvalue weighted by Crippen LogP contribution is 2.22. The van der Waals surface area contributed by atoms with Crippen LogP contribution in [0.2, 0.25) is 0 Å². The number of aryl methyl sites for hydroxylation is 1. The standard InChI is InChI=1S/C15H16N2O4/c1-9-8-11(12(16-9)15(19)20)17-14(18)13(21-2)10-6-4-3-5-7-10/h3-8,13,16H,1-2H3,(H,17,18)(H,19,20). The number of amides is 1. The molecule has 21 heavy (non-hydrogen) atoms. The Morgan fingerprint density at radius 1 is 1.29 bits per heavy atom. The van der Waals surface area contributed by atoms with Crippen molar-refractivity contribution in [2.75, 3.05) is 12.4 Å². The van der Waals surface area contributed by atoms with Crippen LogP contribution in [0.15, 0.2) is 36.4 Å². The zero-order chi connectivity index (χ0) is 15.4. The maximum atomic E-state index is 12.3. The Morgan fingerprint density at radius 2 is 1.95 bits per heavy atom. The molecule has 3 N–H and O–H groups in total. The maximum Gasteiger partial charge on any atom is 0.354 e. The number of methoxy groups -OCH3 is 1. The Kier molecular flexibility index (Phi) is 4.39. The number of carbonyl (C=O) groups is 2. The molecule has 110 valence electrons. The molecule has 0 spiro atoms. The number of aromatic nitrogens is 1. The lowest BCUT2D eigenvalue weighted by Gasteiger charge is -2.15. The lowest BCUT2D eigenvalue weighted by molar-refractivity contribution is -0.126. The van der Waals surface area contributed by atoms with Crippen molar-refractivity contribution in [2.24, 2.45) is 0 Å². The average molecular weight is 288 g/mol. The van der Waals surface area contributed by atoms with E-state index < -0.39 is 18.0 Å². The Balaban J connectivity index is 2.23. The highest BCUT2D eigenvalue weighted by Gasteiger charge is 2.22. The SMILES string of the molecule is COC(C(=O)Nc1cc(C)[nH]c1C(=O)O)c1ccccc1. The summed E-state index contributed by atoms with van der Waals surface area (Å²) >= 11 is 0. The van der Waals surface area contributed by atoms with Crippen molar-refractivity contribution in [1.82, 2.24) is 4.98 Å². The number of hydrogen-bond acceptors (Lipinski definition) is 3. The van der Waals surface area contributed by atoms with E-state index in [1.54, 1.807) is 37.3 Å². The molecule has 0 aliphatic carbocycles. The van der Waals surface area contributed by atoms with Crippen molar-refractivity contribution in [3.8, 4) is 0 Å². The molecular weight excluding hydrogens is 272 g/mol. The number of ether oxygens (including phenoxy) is 1. The third kappa shape index (κ3) is 3.29. The van der Waals surface area contributed by atoms with E-state index in [9.17, 15) is 9.59 Å². The predicted octanol–water partition coefficient (Wildman–Crippen LogP) is 2.35. The molecule has 0 aliphatic rings. The third-order valence-electron chi connectivity index (χ3n) is 3.00. The molecule has 2 rings (SSSR count). The quantitative estimate of drug-likeness (QED) is 0.787. The van der Waals surface area contributed by atoms with Crippen molar-refractivity contribution >= 4 is 17.6 Å². The van der Waals surface area contributed by atoms with Crippen molar-refractivity contribution in [1.29, 1.82) is 0 Å². The summed E-state index contributed by atoms with van der Waals surface area (Å²) in [7, 11) is 1.43. The summed E-state index contributed by atoms with van der Waals surface area (Å²) in [4.78, 5) is 26.1. The molecule has 0 saturated carbocycles. The van der Waals surface area contributed by atoms with Crippen LogP contribution < -0.4 is 5.32 Å². The van der Waals surface area contributed by atoms with Gasteiger partial charge in [-0.15, -0.1) is 0 Å². The largest absolute Gasteiger partial charge is 0.477 e. The molecule has 0 radical (unpaired) electrons. The Labute approximate surface area is 121 Å². The first-order chi connectivity index (χ1) is 10.0. The van der Waals surface area contributed by atoms with Gasteiger partial charge in [0.05, 0.1) is 5.69 Å².